The molecule has 0 spiro atoms. The smallest absolute Gasteiger partial charge is 0.430 e. The number of hydrogen-bond acceptors (Lipinski definition) is 3. The Balaban J connectivity index is 2.01. The van der Waals surface area contributed by atoms with E-state index in [1.54, 1.807) is 18.2 Å². The summed E-state index contributed by atoms with van der Waals surface area (Å²) in [5.41, 5.74) is -0.830. The van der Waals surface area contributed by atoms with Crippen LogP contribution in [-0.2, 0) is 4.79 Å². The van der Waals surface area contributed by atoms with Crippen LogP contribution in [0.15, 0.2) is 40.4 Å². The van der Waals surface area contributed by atoms with E-state index in [1.165, 1.54) is 12.1 Å². The fourth-order valence-electron chi connectivity index (χ4n) is 2.36. The van der Waals surface area contributed by atoms with Crippen LogP contribution in [0, 0.1) is 0 Å². The van der Waals surface area contributed by atoms with Crippen molar-refractivity contribution in [1.29, 1.82) is 0 Å². The normalized spacial score (nSPS) is 16.2. The van der Waals surface area contributed by atoms with Crippen LogP contribution in [-0.4, -0.2) is 23.4 Å². The van der Waals surface area contributed by atoms with E-state index < -0.39 is 23.8 Å². The van der Waals surface area contributed by atoms with E-state index >= 15 is 0 Å². The molecule has 0 aromatic heterocycles. The highest BCUT2D eigenvalue weighted by molar-refractivity contribution is 9.10. The fraction of sp³-hybridized carbons (Fsp3) is 0.118. The van der Waals surface area contributed by atoms with Crippen molar-refractivity contribution < 1.29 is 32.5 Å². The van der Waals surface area contributed by atoms with Gasteiger partial charge in [0.15, 0.2) is 0 Å². The van der Waals surface area contributed by atoms with Crippen LogP contribution in [0.2, 0.25) is 10.0 Å². The third kappa shape index (κ3) is 4.17. The molecule has 1 atom stereocenters. The zero-order chi connectivity index (χ0) is 19.9. The number of carboxylic acid groups (broad SMARTS) is 1. The monoisotopic (exact) mass is 482 g/mol. The van der Waals surface area contributed by atoms with Gasteiger partial charge >= 0.3 is 12.1 Å². The number of alkyl halides is 3. The Labute approximate surface area is 169 Å². The van der Waals surface area contributed by atoms with Crippen LogP contribution in [0.3, 0.4) is 0 Å². The van der Waals surface area contributed by atoms with Crippen molar-refractivity contribution in [3.05, 3.63) is 56.0 Å². The van der Waals surface area contributed by atoms with Gasteiger partial charge in [0.1, 0.15) is 17.2 Å². The molecule has 4 nitrogen and oxygen atoms in total. The summed E-state index contributed by atoms with van der Waals surface area (Å²) in [6, 6.07) is 7.11. The number of fused-ring (bicyclic) bond motifs is 1. The lowest BCUT2D eigenvalue weighted by atomic mass is 10.0. The van der Waals surface area contributed by atoms with Crippen LogP contribution in [0.4, 0.5) is 13.2 Å². The zero-order valence-electron chi connectivity index (χ0n) is 13.0. The molecule has 1 aliphatic rings. The maximum atomic E-state index is 13.2. The second-order valence-corrected chi connectivity index (χ2v) is 7.11. The molecule has 2 aromatic carbocycles. The van der Waals surface area contributed by atoms with E-state index in [1.807, 2.05) is 0 Å². The van der Waals surface area contributed by atoms with Crippen molar-refractivity contribution in [2.24, 2.45) is 0 Å². The van der Waals surface area contributed by atoms with E-state index in [0.29, 0.717) is 15.2 Å². The Bertz CT molecular complexity index is 960. The minimum absolute atomic E-state index is 0.0396. The van der Waals surface area contributed by atoms with Gasteiger partial charge in [0.2, 0.25) is 6.10 Å². The number of hydrogen-bond donors (Lipinski definition) is 1. The molecule has 0 fully saturated rings. The van der Waals surface area contributed by atoms with Gasteiger partial charge in [-0.1, -0.05) is 23.2 Å². The second kappa shape index (κ2) is 7.26. The molecule has 2 aromatic rings. The Morgan fingerprint density at radius 2 is 1.89 bits per heavy atom. The summed E-state index contributed by atoms with van der Waals surface area (Å²) >= 11 is 15.2. The molecule has 0 amide bonds. The van der Waals surface area contributed by atoms with Gasteiger partial charge in [-0.2, -0.15) is 13.2 Å². The number of aliphatic carboxylic acids is 1. The molecule has 27 heavy (non-hydrogen) atoms. The minimum atomic E-state index is -4.90. The van der Waals surface area contributed by atoms with Gasteiger partial charge in [-0.15, -0.1) is 0 Å². The maximum Gasteiger partial charge on any atom is 0.430 e. The first-order chi connectivity index (χ1) is 12.6. The van der Waals surface area contributed by atoms with E-state index in [2.05, 4.69) is 15.9 Å². The molecule has 1 N–H and O–H groups in total. The molecule has 0 aliphatic carbocycles. The summed E-state index contributed by atoms with van der Waals surface area (Å²) in [5.74, 6) is -1.56. The molecule has 0 radical (unpaired) electrons. The van der Waals surface area contributed by atoms with Gasteiger partial charge in [0.05, 0.1) is 15.6 Å². The SMILES string of the molecule is O=C(O)C1=Cc2cc(Cl)c(Oc3ccc(Cl)c(Br)c3)cc2OC1C(F)(F)F. The summed E-state index contributed by atoms with van der Waals surface area (Å²) < 4.78 is 50.5. The number of halogens is 6. The Hall–Kier alpha value is -1.90. The third-order valence-corrected chi connectivity index (χ3v) is 5.08. The van der Waals surface area contributed by atoms with Crippen LogP contribution in [0.25, 0.3) is 6.08 Å². The number of rotatable bonds is 3. The first-order valence-corrected chi connectivity index (χ1v) is 8.76. The molecular weight excluding hydrogens is 476 g/mol. The number of carboxylic acids is 1. The highest BCUT2D eigenvalue weighted by Gasteiger charge is 2.48. The maximum absolute atomic E-state index is 13.2. The number of carbonyl (C=O) groups is 1. The van der Waals surface area contributed by atoms with Crippen molar-refractivity contribution in [3.8, 4) is 17.2 Å². The molecule has 10 heteroatoms. The summed E-state index contributed by atoms with van der Waals surface area (Å²) in [5, 5.41) is 9.55. The molecule has 1 heterocycles. The standard InChI is InChI=1S/C17H8BrCl2F3O4/c18-10-5-8(1-2-11(10)19)26-14-6-13-7(4-12(14)20)3-9(16(24)25)15(27-13)17(21,22)23/h1-6,15H,(H,24,25). The lowest BCUT2D eigenvalue weighted by Crippen LogP contribution is -2.40. The Morgan fingerprint density at radius 1 is 1.19 bits per heavy atom. The van der Waals surface area contributed by atoms with Gasteiger partial charge in [-0.05, 0) is 46.3 Å². The molecule has 0 saturated carbocycles. The molecule has 142 valence electrons. The van der Waals surface area contributed by atoms with Crippen LogP contribution >= 0.6 is 39.1 Å². The van der Waals surface area contributed by atoms with Crippen LogP contribution in [0.1, 0.15) is 5.56 Å². The average Bonchev–Trinajstić information content (AvgIpc) is 2.57. The van der Waals surface area contributed by atoms with E-state index in [0.717, 1.165) is 6.08 Å². The van der Waals surface area contributed by atoms with Crippen LogP contribution < -0.4 is 9.47 Å². The summed E-state index contributed by atoms with van der Waals surface area (Å²) in [7, 11) is 0. The molecule has 1 unspecified atom stereocenters. The first kappa shape index (κ1) is 19.9. The number of benzene rings is 2. The van der Waals surface area contributed by atoms with Gasteiger partial charge in [-0.25, -0.2) is 4.79 Å². The summed E-state index contributed by atoms with van der Waals surface area (Å²) in [4.78, 5) is 11.2. The average molecular weight is 484 g/mol. The van der Waals surface area contributed by atoms with Crippen LogP contribution in [0.5, 0.6) is 17.2 Å². The highest BCUT2D eigenvalue weighted by Crippen LogP contribution is 2.43. The first-order valence-electron chi connectivity index (χ1n) is 7.21. The molecule has 1 aliphatic heterocycles. The van der Waals surface area contributed by atoms with Crippen molar-refractivity contribution >= 4 is 51.2 Å². The second-order valence-electron chi connectivity index (χ2n) is 5.44. The predicted octanol–water partition coefficient (Wildman–Crippen LogP) is 6.34. The molecule has 3 rings (SSSR count). The van der Waals surface area contributed by atoms with E-state index in [-0.39, 0.29) is 22.1 Å². The predicted molar refractivity (Wildman–Crippen MR) is 96.8 cm³/mol. The lowest BCUT2D eigenvalue weighted by molar-refractivity contribution is -0.187. The topological polar surface area (TPSA) is 55.8 Å². The minimum Gasteiger partial charge on any atom is -0.478 e. The Kier molecular flexibility index (Phi) is 5.33. The van der Waals surface area contributed by atoms with Crippen molar-refractivity contribution in [1.82, 2.24) is 0 Å². The lowest BCUT2D eigenvalue weighted by Gasteiger charge is -2.27. The van der Waals surface area contributed by atoms with Gasteiger partial charge in [0, 0.05) is 16.1 Å². The Morgan fingerprint density at radius 3 is 2.48 bits per heavy atom. The summed E-state index contributed by atoms with van der Waals surface area (Å²) in [6.07, 6.45) is -6.61. The molecular formula is C17H8BrCl2F3O4. The van der Waals surface area contributed by atoms with Gasteiger partial charge in [0.25, 0.3) is 0 Å². The van der Waals surface area contributed by atoms with Gasteiger partial charge < -0.3 is 14.6 Å². The van der Waals surface area contributed by atoms with E-state index in [9.17, 15) is 18.0 Å². The van der Waals surface area contributed by atoms with Crippen molar-refractivity contribution in [2.75, 3.05) is 0 Å². The summed E-state index contributed by atoms with van der Waals surface area (Å²) in [6.45, 7) is 0. The quantitative estimate of drug-likeness (QED) is 0.553. The van der Waals surface area contributed by atoms with E-state index in [4.69, 9.17) is 37.8 Å². The number of ether oxygens (including phenoxy) is 2. The van der Waals surface area contributed by atoms with Gasteiger partial charge in [-0.3, -0.25) is 0 Å². The van der Waals surface area contributed by atoms with Crippen molar-refractivity contribution in [2.45, 2.75) is 12.3 Å². The highest BCUT2D eigenvalue weighted by atomic mass is 79.9. The third-order valence-electron chi connectivity index (χ3n) is 3.57. The molecule has 0 bridgehead atoms. The van der Waals surface area contributed by atoms with Crippen molar-refractivity contribution in [3.63, 3.8) is 0 Å². The molecule has 0 saturated heterocycles. The zero-order valence-corrected chi connectivity index (χ0v) is 16.1. The largest absolute Gasteiger partial charge is 0.478 e. The fourth-order valence-corrected chi connectivity index (χ4v) is 3.05.